The van der Waals surface area contributed by atoms with Crippen LogP contribution < -0.4 is 15.7 Å². The number of benzene rings is 1. The summed E-state index contributed by atoms with van der Waals surface area (Å²) in [5.41, 5.74) is -0.218. The second kappa shape index (κ2) is 7.70. The lowest BCUT2D eigenvalue weighted by atomic mass is 10.0. The van der Waals surface area contributed by atoms with Crippen molar-refractivity contribution in [2.24, 2.45) is 0 Å². The fourth-order valence-corrected chi connectivity index (χ4v) is 3.20. The summed E-state index contributed by atoms with van der Waals surface area (Å²) in [7, 11) is 0. The normalized spacial score (nSPS) is 16.1. The van der Waals surface area contributed by atoms with E-state index in [0.29, 0.717) is 23.3 Å². The van der Waals surface area contributed by atoms with Crippen molar-refractivity contribution in [3.63, 3.8) is 0 Å². The molecule has 0 atom stereocenters. The molecule has 0 saturated carbocycles. The highest BCUT2D eigenvalue weighted by molar-refractivity contribution is 5.97. The van der Waals surface area contributed by atoms with Crippen LogP contribution in [0.25, 0.3) is 11.0 Å². The topological polar surface area (TPSA) is 71.8 Å². The molecule has 3 rings (SSSR count). The Bertz CT molecular complexity index is 807. The first-order valence-electron chi connectivity index (χ1n) is 8.85. The van der Waals surface area contributed by atoms with E-state index < -0.39 is 5.63 Å². The highest BCUT2D eigenvalue weighted by Gasteiger charge is 2.22. The Morgan fingerprint density at radius 1 is 1.32 bits per heavy atom. The summed E-state index contributed by atoms with van der Waals surface area (Å²) in [6.45, 7) is 7.42. The van der Waals surface area contributed by atoms with Gasteiger partial charge in [-0.05, 0) is 38.4 Å². The second-order valence-corrected chi connectivity index (χ2v) is 6.24. The maximum Gasteiger partial charge on any atom is 0.349 e. The smallest absolute Gasteiger partial charge is 0.349 e. The van der Waals surface area contributed by atoms with E-state index in [-0.39, 0.29) is 17.5 Å². The summed E-state index contributed by atoms with van der Waals surface area (Å²) >= 11 is 0. The summed E-state index contributed by atoms with van der Waals surface area (Å²) in [5.74, 6) is 0.142. The number of amides is 1. The predicted octanol–water partition coefficient (Wildman–Crippen LogP) is 2.41. The third-order valence-electron chi connectivity index (χ3n) is 4.64. The first kappa shape index (κ1) is 17.5. The molecule has 25 heavy (non-hydrogen) atoms. The van der Waals surface area contributed by atoms with Crippen LogP contribution in [0.5, 0.6) is 5.75 Å². The van der Waals surface area contributed by atoms with Crippen molar-refractivity contribution in [3.05, 3.63) is 40.2 Å². The minimum atomic E-state index is -0.636. The van der Waals surface area contributed by atoms with Crippen molar-refractivity contribution < 1.29 is 13.9 Å². The molecule has 1 saturated heterocycles. The van der Waals surface area contributed by atoms with E-state index in [1.165, 1.54) is 0 Å². The molecular weight excluding hydrogens is 320 g/mol. The van der Waals surface area contributed by atoms with Gasteiger partial charge >= 0.3 is 5.63 Å². The number of para-hydroxylation sites is 1. The first-order chi connectivity index (χ1) is 12.1. The number of nitrogens with zero attached hydrogens (tertiary/aromatic N) is 1. The Hall–Kier alpha value is -2.34. The third kappa shape index (κ3) is 3.85. The molecule has 134 valence electrons. The minimum absolute atomic E-state index is 0.0408. The van der Waals surface area contributed by atoms with Crippen molar-refractivity contribution in [1.29, 1.82) is 0 Å². The zero-order chi connectivity index (χ0) is 17.8. The number of piperidine rings is 1. The van der Waals surface area contributed by atoms with Gasteiger partial charge in [0, 0.05) is 24.5 Å². The molecule has 2 aromatic rings. The van der Waals surface area contributed by atoms with Crippen LogP contribution in [0.2, 0.25) is 0 Å². The molecule has 6 heteroatoms. The van der Waals surface area contributed by atoms with Crippen LogP contribution in [0.3, 0.4) is 0 Å². The summed E-state index contributed by atoms with van der Waals surface area (Å²) in [5, 5.41) is 3.65. The van der Waals surface area contributed by atoms with Gasteiger partial charge in [-0.15, -0.1) is 0 Å². The highest BCUT2D eigenvalue weighted by Crippen LogP contribution is 2.25. The molecule has 1 N–H and O–H groups in total. The number of likely N-dealkylation sites (tertiary alicyclic amines) is 1. The van der Waals surface area contributed by atoms with Gasteiger partial charge in [0.1, 0.15) is 5.56 Å². The maximum absolute atomic E-state index is 12.5. The van der Waals surface area contributed by atoms with Gasteiger partial charge in [-0.3, -0.25) is 4.79 Å². The molecule has 1 aromatic carbocycles. The van der Waals surface area contributed by atoms with Gasteiger partial charge in [-0.25, -0.2) is 4.79 Å². The zero-order valence-electron chi connectivity index (χ0n) is 14.7. The maximum atomic E-state index is 12.5. The summed E-state index contributed by atoms with van der Waals surface area (Å²) in [4.78, 5) is 27.2. The molecule has 1 aliphatic rings. The number of ether oxygens (including phenoxy) is 1. The van der Waals surface area contributed by atoms with Crippen LogP contribution in [0, 0.1) is 0 Å². The SMILES string of the molecule is CCOc1cccc2cc(C(=O)NC3CCN(CC)CC3)c(=O)oc12. The number of nitrogens with one attached hydrogen (secondary N) is 1. The molecule has 2 heterocycles. The molecule has 1 aromatic heterocycles. The molecule has 6 nitrogen and oxygen atoms in total. The van der Waals surface area contributed by atoms with Crippen molar-refractivity contribution in [2.75, 3.05) is 26.2 Å². The van der Waals surface area contributed by atoms with E-state index in [0.717, 1.165) is 32.5 Å². The summed E-state index contributed by atoms with van der Waals surface area (Å²) < 4.78 is 10.9. The zero-order valence-corrected chi connectivity index (χ0v) is 14.7. The molecule has 1 fully saturated rings. The van der Waals surface area contributed by atoms with Crippen LogP contribution in [0.1, 0.15) is 37.0 Å². The average molecular weight is 344 g/mol. The monoisotopic (exact) mass is 344 g/mol. The standard InChI is InChI=1S/C19H24N2O4/c1-3-21-10-8-14(9-11-21)20-18(22)15-12-13-6-5-7-16(24-4-2)17(13)25-19(15)23/h5-7,12,14H,3-4,8-11H2,1-2H3,(H,20,22). The van der Waals surface area contributed by atoms with Gasteiger partial charge in [0.2, 0.25) is 0 Å². The summed E-state index contributed by atoms with van der Waals surface area (Å²) in [6, 6.07) is 7.04. The van der Waals surface area contributed by atoms with Gasteiger partial charge in [0.05, 0.1) is 6.61 Å². The van der Waals surface area contributed by atoms with Crippen molar-refractivity contribution in [1.82, 2.24) is 10.2 Å². The van der Waals surface area contributed by atoms with Crippen LogP contribution in [-0.4, -0.2) is 43.1 Å². The lowest BCUT2D eigenvalue weighted by Gasteiger charge is -2.31. The van der Waals surface area contributed by atoms with E-state index in [9.17, 15) is 9.59 Å². The van der Waals surface area contributed by atoms with Crippen molar-refractivity contribution in [2.45, 2.75) is 32.7 Å². The van der Waals surface area contributed by atoms with Gasteiger partial charge in [-0.2, -0.15) is 0 Å². The predicted molar refractivity (Wildman–Crippen MR) is 96.3 cm³/mol. The quantitative estimate of drug-likeness (QED) is 0.844. The van der Waals surface area contributed by atoms with Gasteiger partial charge in [-0.1, -0.05) is 19.1 Å². The lowest BCUT2D eigenvalue weighted by molar-refractivity contribution is 0.0909. The Labute approximate surface area is 146 Å². The molecule has 1 amide bonds. The van der Waals surface area contributed by atoms with Crippen LogP contribution in [0.4, 0.5) is 0 Å². The lowest BCUT2D eigenvalue weighted by Crippen LogP contribution is -2.45. The fraction of sp³-hybridized carbons (Fsp3) is 0.474. The molecule has 1 aliphatic heterocycles. The second-order valence-electron chi connectivity index (χ2n) is 6.24. The van der Waals surface area contributed by atoms with Crippen LogP contribution in [0.15, 0.2) is 33.5 Å². The van der Waals surface area contributed by atoms with Crippen molar-refractivity contribution >= 4 is 16.9 Å². The van der Waals surface area contributed by atoms with Gasteiger partial charge in [0.15, 0.2) is 11.3 Å². The van der Waals surface area contributed by atoms with Crippen LogP contribution in [-0.2, 0) is 0 Å². The molecule has 0 unspecified atom stereocenters. The van der Waals surface area contributed by atoms with E-state index >= 15 is 0 Å². The average Bonchev–Trinajstić information content (AvgIpc) is 2.62. The number of hydrogen-bond donors (Lipinski definition) is 1. The van der Waals surface area contributed by atoms with Crippen molar-refractivity contribution in [3.8, 4) is 5.75 Å². The van der Waals surface area contributed by atoms with Crippen LogP contribution >= 0.6 is 0 Å². The third-order valence-corrected chi connectivity index (χ3v) is 4.64. The molecule has 0 bridgehead atoms. The molecular formula is C19H24N2O4. The van der Waals surface area contributed by atoms with E-state index in [2.05, 4.69) is 17.1 Å². The van der Waals surface area contributed by atoms with Gasteiger partial charge < -0.3 is 19.4 Å². The number of fused-ring (bicyclic) bond motifs is 1. The van der Waals surface area contributed by atoms with Gasteiger partial charge in [0.25, 0.3) is 5.91 Å². The Morgan fingerprint density at radius 2 is 2.08 bits per heavy atom. The number of hydrogen-bond acceptors (Lipinski definition) is 5. The molecule has 0 spiro atoms. The number of rotatable bonds is 5. The largest absolute Gasteiger partial charge is 0.490 e. The highest BCUT2D eigenvalue weighted by atomic mass is 16.5. The first-order valence-corrected chi connectivity index (χ1v) is 8.85. The Morgan fingerprint density at radius 3 is 2.76 bits per heavy atom. The molecule has 0 aliphatic carbocycles. The number of carbonyl (C=O) groups is 1. The summed E-state index contributed by atoms with van der Waals surface area (Å²) in [6.07, 6.45) is 1.79. The van der Waals surface area contributed by atoms with E-state index in [1.54, 1.807) is 18.2 Å². The Balaban J connectivity index is 1.80. The fourth-order valence-electron chi connectivity index (χ4n) is 3.20. The van der Waals surface area contributed by atoms with E-state index in [4.69, 9.17) is 9.15 Å². The Kier molecular flexibility index (Phi) is 5.38. The minimum Gasteiger partial charge on any atom is -0.490 e. The van der Waals surface area contributed by atoms with E-state index in [1.807, 2.05) is 13.0 Å². The molecule has 0 radical (unpaired) electrons. The number of carbonyl (C=O) groups excluding carboxylic acids is 1.